The average Bonchev–Trinajstić information content (AvgIpc) is 2.44. The third-order valence-electron chi connectivity index (χ3n) is 3.57. The smallest absolute Gasteiger partial charge is 0.410 e. The van der Waals surface area contributed by atoms with Gasteiger partial charge in [-0.05, 0) is 51.8 Å². The minimum atomic E-state index is -0.552. The van der Waals surface area contributed by atoms with Crippen LogP contribution in [0.4, 0.5) is 10.5 Å². The molecule has 1 unspecified atom stereocenters. The van der Waals surface area contributed by atoms with Gasteiger partial charge in [-0.2, -0.15) is 0 Å². The summed E-state index contributed by atoms with van der Waals surface area (Å²) in [6.07, 6.45) is 1.10. The van der Waals surface area contributed by atoms with Gasteiger partial charge in [-0.3, -0.25) is 4.79 Å². The molecular formula is C17H22Cl2N2O3. The zero-order valence-corrected chi connectivity index (χ0v) is 15.6. The molecule has 0 bridgehead atoms. The lowest BCUT2D eigenvalue weighted by molar-refractivity contribution is -0.121. The number of amides is 2. The van der Waals surface area contributed by atoms with Crippen LogP contribution >= 0.6 is 23.2 Å². The van der Waals surface area contributed by atoms with Crippen molar-refractivity contribution in [3.63, 3.8) is 0 Å². The number of nitrogens with one attached hydrogen (secondary N) is 1. The van der Waals surface area contributed by atoms with Crippen LogP contribution in [0.5, 0.6) is 0 Å². The third kappa shape index (κ3) is 5.56. The molecule has 2 amide bonds. The van der Waals surface area contributed by atoms with E-state index in [9.17, 15) is 9.59 Å². The first kappa shape index (κ1) is 18.9. The Labute approximate surface area is 152 Å². The largest absolute Gasteiger partial charge is 0.444 e. The van der Waals surface area contributed by atoms with Crippen LogP contribution in [0.15, 0.2) is 18.2 Å². The molecule has 1 saturated heterocycles. The number of carbonyl (C=O) groups is 2. The number of nitrogens with zero attached hydrogens (tertiary/aromatic N) is 1. The van der Waals surface area contributed by atoms with E-state index in [0.717, 1.165) is 12.8 Å². The van der Waals surface area contributed by atoms with E-state index in [4.69, 9.17) is 27.9 Å². The van der Waals surface area contributed by atoms with Gasteiger partial charge in [0.2, 0.25) is 5.91 Å². The standard InChI is InChI=1S/C17H22Cl2N2O3/c1-17(2,3)24-16(23)21-6-4-5-11(10-21)15(22)20-14-8-12(18)7-13(19)9-14/h7-9,11H,4-6,10H2,1-3H3,(H,20,22). The number of carbonyl (C=O) groups excluding carboxylic acids is 2. The molecule has 5 nitrogen and oxygen atoms in total. The van der Waals surface area contributed by atoms with Gasteiger partial charge in [-0.25, -0.2) is 4.79 Å². The van der Waals surface area contributed by atoms with E-state index in [2.05, 4.69) is 5.32 Å². The molecule has 0 spiro atoms. The van der Waals surface area contributed by atoms with E-state index < -0.39 is 5.60 Å². The lowest BCUT2D eigenvalue weighted by Crippen LogP contribution is -2.45. The summed E-state index contributed by atoms with van der Waals surface area (Å²) in [5.74, 6) is -0.439. The summed E-state index contributed by atoms with van der Waals surface area (Å²) in [6.45, 7) is 6.41. The molecule has 1 atom stereocenters. The van der Waals surface area contributed by atoms with Gasteiger partial charge in [0.15, 0.2) is 0 Å². The highest BCUT2D eigenvalue weighted by molar-refractivity contribution is 6.35. The molecule has 0 radical (unpaired) electrons. The molecule has 132 valence electrons. The molecular weight excluding hydrogens is 351 g/mol. The van der Waals surface area contributed by atoms with Crippen molar-refractivity contribution in [1.82, 2.24) is 4.90 Å². The number of benzene rings is 1. The van der Waals surface area contributed by atoms with Gasteiger partial charge in [0.05, 0.1) is 5.92 Å². The number of rotatable bonds is 2. The molecule has 1 N–H and O–H groups in total. The number of piperidine rings is 1. The number of hydrogen-bond acceptors (Lipinski definition) is 3. The molecule has 0 aromatic heterocycles. The second kappa shape index (κ2) is 7.62. The fourth-order valence-electron chi connectivity index (χ4n) is 2.55. The Kier molecular flexibility index (Phi) is 5.99. The monoisotopic (exact) mass is 372 g/mol. The molecule has 0 aliphatic carbocycles. The van der Waals surface area contributed by atoms with Crippen LogP contribution in [0.3, 0.4) is 0 Å². The van der Waals surface area contributed by atoms with Crippen LogP contribution in [0.25, 0.3) is 0 Å². The van der Waals surface area contributed by atoms with E-state index in [-0.39, 0.29) is 17.9 Å². The summed E-state index contributed by atoms with van der Waals surface area (Å²) >= 11 is 11.9. The molecule has 1 aromatic rings. The summed E-state index contributed by atoms with van der Waals surface area (Å²) in [5, 5.41) is 3.73. The van der Waals surface area contributed by atoms with Crippen molar-refractivity contribution in [3.05, 3.63) is 28.2 Å². The summed E-state index contributed by atoms with van der Waals surface area (Å²) in [5.41, 5.74) is -0.00372. The van der Waals surface area contributed by atoms with Gasteiger partial charge in [0, 0.05) is 28.8 Å². The SMILES string of the molecule is CC(C)(C)OC(=O)N1CCCC(C(=O)Nc2cc(Cl)cc(Cl)c2)C1. The topological polar surface area (TPSA) is 58.6 Å². The first-order chi connectivity index (χ1) is 11.1. The zero-order chi connectivity index (χ0) is 17.9. The number of anilines is 1. The molecule has 2 rings (SSSR count). The number of halogens is 2. The van der Waals surface area contributed by atoms with E-state index >= 15 is 0 Å². The van der Waals surface area contributed by atoms with Gasteiger partial charge in [-0.1, -0.05) is 23.2 Å². The summed E-state index contributed by atoms with van der Waals surface area (Å²) in [6, 6.07) is 4.88. The van der Waals surface area contributed by atoms with Crippen molar-refractivity contribution in [1.29, 1.82) is 0 Å². The van der Waals surface area contributed by atoms with Crippen LogP contribution in [0, 0.1) is 5.92 Å². The van der Waals surface area contributed by atoms with Crippen LogP contribution in [-0.2, 0) is 9.53 Å². The van der Waals surface area contributed by atoms with E-state index in [1.807, 2.05) is 20.8 Å². The van der Waals surface area contributed by atoms with Gasteiger partial charge >= 0.3 is 6.09 Å². The van der Waals surface area contributed by atoms with Gasteiger partial charge in [0.1, 0.15) is 5.60 Å². The molecule has 1 aromatic carbocycles. The summed E-state index contributed by atoms with van der Waals surface area (Å²) < 4.78 is 5.38. The maximum absolute atomic E-state index is 12.5. The van der Waals surface area contributed by atoms with Crippen LogP contribution in [0.1, 0.15) is 33.6 Å². The van der Waals surface area contributed by atoms with Gasteiger partial charge < -0.3 is 15.0 Å². The lowest BCUT2D eigenvalue weighted by atomic mass is 9.97. The normalized spacial score (nSPS) is 18.2. The predicted octanol–water partition coefficient (Wildman–Crippen LogP) is 4.58. The Morgan fingerprint density at radius 3 is 2.42 bits per heavy atom. The quantitative estimate of drug-likeness (QED) is 0.826. The maximum Gasteiger partial charge on any atom is 0.410 e. The Morgan fingerprint density at radius 2 is 1.83 bits per heavy atom. The number of hydrogen-bond donors (Lipinski definition) is 1. The maximum atomic E-state index is 12.5. The van der Waals surface area contributed by atoms with Crippen molar-refractivity contribution >= 4 is 40.9 Å². The molecule has 1 heterocycles. The van der Waals surface area contributed by atoms with E-state index in [1.165, 1.54) is 0 Å². The lowest BCUT2D eigenvalue weighted by Gasteiger charge is -2.33. The minimum Gasteiger partial charge on any atom is -0.444 e. The zero-order valence-electron chi connectivity index (χ0n) is 14.1. The fourth-order valence-corrected chi connectivity index (χ4v) is 3.08. The third-order valence-corrected chi connectivity index (χ3v) is 4.01. The van der Waals surface area contributed by atoms with Gasteiger partial charge in [-0.15, -0.1) is 0 Å². The average molecular weight is 373 g/mol. The molecule has 1 aliphatic rings. The van der Waals surface area contributed by atoms with Crippen molar-refractivity contribution < 1.29 is 14.3 Å². The molecule has 1 aliphatic heterocycles. The van der Waals surface area contributed by atoms with E-state index in [0.29, 0.717) is 28.8 Å². The molecule has 24 heavy (non-hydrogen) atoms. The summed E-state index contributed by atoms with van der Waals surface area (Å²) in [4.78, 5) is 26.2. The highest BCUT2D eigenvalue weighted by atomic mass is 35.5. The van der Waals surface area contributed by atoms with Crippen LogP contribution in [0.2, 0.25) is 10.0 Å². The Balaban J connectivity index is 1.98. The highest BCUT2D eigenvalue weighted by Gasteiger charge is 2.31. The highest BCUT2D eigenvalue weighted by Crippen LogP contribution is 2.25. The predicted molar refractivity (Wildman–Crippen MR) is 95.6 cm³/mol. The van der Waals surface area contributed by atoms with Crippen molar-refractivity contribution in [2.75, 3.05) is 18.4 Å². The molecule has 7 heteroatoms. The second-order valence-corrected chi connectivity index (χ2v) is 7.79. The summed E-state index contributed by atoms with van der Waals surface area (Å²) in [7, 11) is 0. The number of ether oxygens (including phenoxy) is 1. The fraction of sp³-hybridized carbons (Fsp3) is 0.529. The Hall–Kier alpha value is -1.46. The van der Waals surface area contributed by atoms with Crippen LogP contribution < -0.4 is 5.32 Å². The van der Waals surface area contributed by atoms with Crippen LogP contribution in [-0.4, -0.2) is 35.6 Å². The molecule has 0 saturated carbocycles. The Bertz CT molecular complexity index is 609. The van der Waals surface area contributed by atoms with Crippen molar-refractivity contribution in [2.24, 2.45) is 5.92 Å². The minimum absolute atomic E-state index is 0.151. The number of likely N-dealkylation sites (tertiary alicyclic amines) is 1. The second-order valence-electron chi connectivity index (χ2n) is 6.91. The molecule has 1 fully saturated rings. The van der Waals surface area contributed by atoms with E-state index in [1.54, 1.807) is 23.1 Å². The Morgan fingerprint density at radius 1 is 1.21 bits per heavy atom. The first-order valence-corrected chi connectivity index (χ1v) is 8.64. The first-order valence-electron chi connectivity index (χ1n) is 7.89. The van der Waals surface area contributed by atoms with Crippen molar-refractivity contribution in [2.45, 2.75) is 39.2 Å². The van der Waals surface area contributed by atoms with Crippen molar-refractivity contribution in [3.8, 4) is 0 Å². The van der Waals surface area contributed by atoms with Gasteiger partial charge in [0.25, 0.3) is 0 Å².